The average molecular weight is 1020 g/mol. The van der Waals surface area contributed by atoms with Crippen molar-refractivity contribution in [2.24, 2.45) is 46.3 Å². The lowest BCUT2D eigenvalue weighted by Crippen LogP contribution is -2.64. The first kappa shape index (κ1) is 55.5. The summed E-state index contributed by atoms with van der Waals surface area (Å²) in [5.41, 5.74) is 1.06. The molecular formula is C51H82O20. The molecule has 0 spiro atoms. The predicted molar refractivity (Wildman–Crippen MR) is 247 cm³/mol. The number of ether oxygens (including phenoxy) is 9. The van der Waals surface area contributed by atoms with Gasteiger partial charge in [0.15, 0.2) is 36.9 Å². The molecule has 27 atom stereocenters. The number of carbonyl (C=O) groups excluding carboxylic acids is 1. The van der Waals surface area contributed by atoms with E-state index in [4.69, 9.17) is 42.6 Å². The van der Waals surface area contributed by atoms with Crippen molar-refractivity contribution >= 4 is 5.97 Å². The Labute approximate surface area is 416 Å². The van der Waals surface area contributed by atoms with Gasteiger partial charge in [-0.15, -0.1) is 0 Å². The molecule has 20 heteroatoms. The molecule has 10 N–H and O–H groups in total. The number of aliphatic hydroxyl groups is 10. The summed E-state index contributed by atoms with van der Waals surface area (Å²) in [5, 5.41) is 106. The number of hydrogen-bond acceptors (Lipinski definition) is 20. The van der Waals surface area contributed by atoms with Crippen molar-refractivity contribution < 1.29 is 98.5 Å². The maximum Gasteiger partial charge on any atom is 0.335 e. The Balaban J connectivity index is 0.970. The van der Waals surface area contributed by atoms with E-state index in [9.17, 15) is 55.9 Å². The molecule has 8 aliphatic rings. The summed E-state index contributed by atoms with van der Waals surface area (Å²) in [4.78, 5) is 13.1. The van der Waals surface area contributed by atoms with Gasteiger partial charge in [0.25, 0.3) is 0 Å². The Kier molecular flexibility index (Phi) is 16.9. The van der Waals surface area contributed by atoms with Crippen LogP contribution in [-0.2, 0) is 47.4 Å². The minimum absolute atomic E-state index is 0.00153. The van der Waals surface area contributed by atoms with Gasteiger partial charge in [-0.3, -0.25) is 0 Å². The molecule has 3 saturated carbocycles. The van der Waals surface area contributed by atoms with Crippen LogP contribution in [0.3, 0.4) is 0 Å². The second-order valence-electron chi connectivity index (χ2n) is 22.6. The lowest BCUT2D eigenvalue weighted by atomic mass is 9.46. The van der Waals surface area contributed by atoms with E-state index >= 15 is 0 Å². The van der Waals surface area contributed by atoms with E-state index in [0.29, 0.717) is 31.3 Å². The van der Waals surface area contributed by atoms with Crippen molar-refractivity contribution in [1.82, 2.24) is 0 Å². The fourth-order valence-electron chi connectivity index (χ4n) is 14.2. The normalized spacial score (nSPS) is 50.5. The Morgan fingerprint density at radius 3 is 2.30 bits per heavy atom. The smallest absolute Gasteiger partial charge is 0.335 e. The zero-order valence-corrected chi connectivity index (χ0v) is 42.2. The third-order valence-electron chi connectivity index (χ3n) is 18.8. The Hall–Kier alpha value is -1.77. The highest BCUT2D eigenvalue weighted by molar-refractivity contribution is 5.75. The quantitative estimate of drug-likeness (QED) is 0.0735. The first-order valence-electron chi connectivity index (χ1n) is 25.9. The fraction of sp³-hybridized carbons (Fsp3) is 0.902. The monoisotopic (exact) mass is 1010 g/mol. The van der Waals surface area contributed by atoms with Crippen LogP contribution in [0, 0.1) is 46.3 Å². The standard InChI is InChI=1S/C51H82O20/c1-9-23(3)36(54)45(62)67-33-21-65-48(44(39(33)57)70-47-43(61)40(58)37(55)25(5)66-47)69-34-17-27(53)16-26-10-11-28-29(50(26,34)7)13-14-49(6)30(28)18-31-35(49)24(4)51(63-8,71-31)15-12-22(2)20-64-46-42(60)41(59)38(56)32(19-52)68-46/h10,23-25,27-44,46-48,52-61H,2,9,11-21H2,1,3-8H3/t23-,24-,25-,27+,28+,29-,30-,31-,32+,33-,34+,35-,36-,37-,38+,39-,40+,41-,42+,43+,44+,46+,47-,48-,49-,50-,51+/m0/s1. The van der Waals surface area contributed by atoms with Crippen LogP contribution in [0.1, 0.15) is 99.3 Å². The van der Waals surface area contributed by atoms with Gasteiger partial charge in [0.05, 0.1) is 44.2 Å². The Morgan fingerprint density at radius 2 is 1.61 bits per heavy atom. The van der Waals surface area contributed by atoms with Crippen molar-refractivity contribution in [1.29, 1.82) is 0 Å². The second-order valence-corrected chi connectivity index (χ2v) is 22.6. The number of carbonyl (C=O) groups is 1. The number of esters is 1. The van der Waals surface area contributed by atoms with Crippen LogP contribution in [-0.4, -0.2) is 200 Å². The van der Waals surface area contributed by atoms with E-state index in [-0.39, 0.29) is 60.7 Å². The number of hydrogen-bond donors (Lipinski definition) is 10. The number of fused-ring (bicyclic) bond motifs is 7. The molecule has 0 amide bonds. The highest BCUT2D eigenvalue weighted by atomic mass is 16.8. The number of aliphatic hydroxyl groups excluding tert-OH is 10. The predicted octanol–water partition coefficient (Wildman–Crippen LogP) is 0.311. The van der Waals surface area contributed by atoms with Crippen molar-refractivity contribution in [2.45, 2.75) is 216 Å². The topological polar surface area (TPSA) is 302 Å². The van der Waals surface area contributed by atoms with Gasteiger partial charge in [-0.05, 0) is 80.5 Å². The van der Waals surface area contributed by atoms with Gasteiger partial charge in [0.2, 0.25) is 0 Å². The first-order valence-corrected chi connectivity index (χ1v) is 25.9. The number of methoxy groups -OCH3 is 1. The van der Waals surface area contributed by atoms with Crippen LogP contribution in [0.25, 0.3) is 0 Å². The van der Waals surface area contributed by atoms with Crippen LogP contribution >= 0.6 is 0 Å². The molecule has 7 fully saturated rings. The number of rotatable bonds is 16. The van der Waals surface area contributed by atoms with Crippen molar-refractivity contribution in [2.75, 3.05) is 26.9 Å². The zero-order chi connectivity index (χ0) is 51.6. The summed E-state index contributed by atoms with van der Waals surface area (Å²) in [6.45, 7) is 15.1. The molecule has 4 aliphatic heterocycles. The van der Waals surface area contributed by atoms with E-state index in [1.807, 2.05) is 6.92 Å². The van der Waals surface area contributed by atoms with Crippen LogP contribution in [0.5, 0.6) is 0 Å². The average Bonchev–Trinajstić information content (AvgIpc) is 3.81. The van der Waals surface area contributed by atoms with Crippen LogP contribution in [0.15, 0.2) is 23.8 Å². The molecule has 4 aliphatic carbocycles. The van der Waals surface area contributed by atoms with Crippen molar-refractivity contribution in [3.63, 3.8) is 0 Å². The van der Waals surface area contributed by atoms with Crippen molar-refractivity contribution in [3.8, 4) is 0 Å². The van der Waals surface area contributed by atoms with Gasteiger partial charge in [-0.1, -0.05) is 64.8 Å². The molecule has 0 aromatic carbocycles. The van der Waals surface area contributed by atoms with E-state index in [0.717, 1.165) is 31.3 Å². The maximum atomic E-state index is 13.1. The summed E-state index contributed by atoms with van der Waals surface area (Å²) >= 11 is 0. The molecule has 0 unspecified atom stereocenters. The lowest BCUT2D eigenvalue weighted by molar-refractivity contribution is -0.363. The summed E-state index contributed by atoms with van der Waals surface area (Å²) in [6.07, 6.45) is -15.1. The van der Waals surface area contributed by atoms with E-state index in [1.165, 1.54) is 6.92 Å². The van der Waals surface area contributed by atoms with Crippen LogP contribution in [0.4, 0.5) is 0 Å². The fourth-order valence-corrected chi connectivity index (χ4v) is 14.2. The Morgan fingerprint density at radius 1 is 0.901 bits per heavy atom. The zero-order valence-electron chi connectivity index (χ0n) is 42.2. The molecule has 0 bridgehead atoms. The molecule has 406 valence electrons. The van der Waals surface area contributed by atoms with Crippen LogP contribution in [0.2, 0.25) is 0 Å². The van der Waals surface area contributed by atoms with Gasteiger partial charge >= 0.3 is 5.97 Å². The molecule has 4 heterocycles. The van der Waals surface area contributed by atoms with E-state index < -0.39 is 134 Å². The molecule has 0 radical (unpaired) electrons. The lowest BCUT2D eigenvalue weighted by Gasteiger charge is -2.60. The van der Waals surface area contributed by atoms with Crippen molar-refractivity contribution in [3.05, 3.63) is 23.8 Å². The first-order chi connectivity index (χ1) is 33.5. The van der Waals surface area contributed by atoms with Crippen LogP contribution < -0.4 is 0 Å². The minimum atomic E-state index is -1.73. The minimum Gasteiger partial charge on any atom is -0.455 e. The van der Waals surface area contributed by atoms with E-state index in [1.54, 1.807) is 14.0 Å². The molecular weight excluding hydrogens is 933 g/mol. The van der Waals surface area contributed by atoms with Gasteiger partial charge in [0.1, 0.15) is 54.9 Å². The molecule has 4 saturated heterocycles. The highest BCUT2D eigenvalue weighted by Crippen LogP contribution is 2.70. The summed E-state index contributed by atoms with van der Waals surface area (Å²) in [7, 11) is 1.67. The van der Waals surface area contributed by atoms with Gasteiger partial charge in [-0.25, -0.2) is 4.79 Å². The summed E-state index contributed by atoms with van der Waals surface area (Å²) in [6, 6.07) is 0. The van der Waals surface area contributed by atoms with Gasteiger partial charge < -0.3 is 93.7 Å². The summed E-state index contributed by atoms with van der Waals surface area (Å²) in [5.74, 6) is -1.48. The second kappa shape index (κ2) is 21.7. The van der Waals surface area contributed by atoms with Gasteiger partial charge in [0, 0.05) is 31.3 Å². The third kappa shape index (κ3) is 9.97. The molecule has 0 aromatic heterocycles. The molecule has 71 heavy (non-hydrogen) atoms. The third-order valence-corrected chi connectivity index (χ3v) is 18.8. The van der Waals surface area contributed by atoms with E-state index in [2.05, 4.69) is 33.4 Å². The number of allylic oxidation sites excluding steroid dienone is 1. The SMILES string of the molecule is C=C(CC[C@@]1(OC)O[C@H]2C[C@H]3[C@@H]4CC=C5C[C@@H](O)C[C@@H](O[C@@H]6OC[C@H](OC(=O)[C@@H](O)[C@@H](C)CC)[C@H](O)[C@H]6O[C@@H]6O[C@@H](C)[C@H](O)[C@@H](O)[C@H]6O)[C@]5(C)[C@H]4CC[C@]3(C)[C@H]2[C@@H]1C)CO[C@@H]1O[C@H](CO)[C@@H](O)[C@H](O)[C@H]1O. The molecule has 20 nitrogen and oxygen atoms in total. The molecule has 0 aromatic rings. The summed E-state index contributed by atoms with van der Waals surface area (Å²) < 4.78 is 55.4. The maximum absolute atomic E-state index is 13.1. The Bertz CT molecular complexity index is 1890. The van der Waals surface area contributed by atoms with Gasteiger partial charge in [-0.2, -0.15) is 0 Å². The largest absolute Gasteiger partial charge is 0.455 e. The highest BCUT2D eigenvalue weighted by Gasteiger charge is 2.69. The molecule has 8 rings (SSSR count).